The second kappa shape index (κ2) is 4.00. The van der Waals surface area contributed by atoms with Crippen molar-refractivity contribution < 1.29 is 9.53 Å². The van der Waals surface area contributed by atoms with Crippen molar-refractivity contribution >= 4 is 17.4 Å². The van der Waals surface area contributed by atoms with Crippen LogP contribution >= 0.6 is 0 Å². The predicted molar refractivity (Wildman–Crippen MR) is 64.2 cm³/mol. The lowest BCUT2D eigenvalue weighted by Crippen LogP contribution is -2.45. The highest BCUT2D eigenvalue weighted by atomic mass is 16.5. The maximum Gasteiger partial charge on any atom is 0.227 e. The molecule has 0 radical (unpaired) electrons. The fraction of sp³-hybridized carbons (Fsp3) is 0.500. The molecule has 1 saturated heterocycles. The molecule has 1 aromatic heterocycles. The summed E-state index contributed by atoms with van der Waals surface area (Å²) in [5.41, 5.74) is 2.12. The predicted octanol–water partition coefficient (Wildman–Crippen LogP) is 0.937. The minimum atomic E-state index is 0.0144. The Labute approximate surface area is 99.8 Å². The van der Waals surface area contributed by atoms with Gasteiger partial charge in [-0.15, -0.1) is 0 Å². The molecule has 0 saturated carbocycles. The van der Waals surface area contributed by atoms with Crippen LogP contribution in [-0.4, -0.2) is 36.7 Å². The van der Waals surface area contributed by atoms with E-state index in [0.29, 0.717) is 25.5 Å². The number of hydrogen-bond donors (Lipinski definition) is 1. The zero-order valence-electron chi connectivity index (χ0n) is 9.77. The Balaban J connectivity index is 2.07. The van der Waals surface area contributed by atoms with Gasteiger partial charge in [0.05, 0.1) is 24.9 Å². The van der Waals surface area contributed by atoms with Crippen molar-refractivity contribution in [3.05, 3.63) is 17.8 Å². The maximum absolute atomic E-state index is 11.8. The zero-order valence-corrected chi connectivity index (χ0v) is 9.77. The van der Waals surface area contributed by atoms with Crippen molar-refractivity contribution in [2.24, 2.45) is 0 Å². The number of pyridine rings is 1. The van der Waals surface area contributed by atoms with Crippen LogP contribution in [0.25, 0.3) is 0 Å². The van der Waals surface area contributed by atoms with Gasteiger partial charge in [0, 0.05) is 19.2 Å². The average Bonchev–Trinajstić information content (AvgIpc) is 2.45. The van der Waals surface area contributed by atoms with Gasteiger partial charge >= 0.3 is 0 Å². The monoisotopic (exact) mass is 233 g/mol. The van der Waals surface area contributed by atoms with Crippen LogP contribution in [0, 0.1) is 6.92 Å². The summed E-state index contributed by atoms with van der Waals surface area (Å²) in [5, 5.41) is 2.86. The van der Waals surface area contributed by atoms with Crippen molar-refractivity contribution in [1.29, 1.82) is 0 Å². The number of carbonyl (C=O) groups is 1. The summed E-state index contributed by atoms with van der Waals surface area (Å²) >= 11 is 0. The van der Waals surface area contributed by atoms with E-state index in [1.54, 1.807) is 6.20 Å². The molecule has 2 aliphatic rings. The van der Waals surface area contributed by atoms with Gasteiger partial charge in [-0.25, -0.2) is 4.98 Å². The van der Waals surface area contributed by atoms with Crippen LogP contribution in [-0.2, 0) is 9.53 Å². The van der Waals surface area contributed by atoms with Crippen LogP contribution in [0.2, 0.25) is 0 Å². The molecule has 5 heteroatoms. The van der Waals surface area contributed by atoms with Crippen LogP contribution in [0.1, 0.15) is 12.0 Å². The van der Waals surface area contributed by atoms with Crippen molar-refractivity contribution in [3.8, 4) is 0 Å². The van der Waals surface area contributed by atoms with Gasteiger partial charge in [-0.3, -0.25) is 4.79 Å². The molecule has 3 rings (SSSR count). The average molecular weight is 233 g/mol. The van der Waals surface area contributed by atoms with Gasteiger partial charge in [0.2, 0.25) is 5.91 Å². The standard InChI is InChI=1S/C12H15N3O2/c1-8-4-10-12(13-6-8)14-11(16)5-9-7-17-3-2-15(9)10/h4,6,9H,2-3,5,7H2,1H3,(H,13,14,16)/t9-/m1/s1. The fourth-order valence-corrected chi connectivity index (χ4v) is 2.41. The first-order valence-electron chi connectivity index (χ1n) is 5.85. The number of morpholine rings is 1. The van der Waals surface area contributed by atoms with Crippen molar-refractivity contribution in [1.82, 2.24) is 4.98 Å². The maximum atomic E-state index is 11.8. The van der Waals surface area contributed by atoms with E-state index >= 15 is 0 Å². The molecule has 1 atom stereocenters. The minimum Gasteiger partial charge on any atom is -0.377 e. The summed E-state index contributed by atoms with van der Waals surface area (Å²) in [6.07, 6.45) is 2.25. The van der Waals surface area contributed by atoms with Gasteiger partial charge in [0.1, 0.15) is 0 Å². The van der Waals surface area contributed by atoms with Gasteiger partial charge in [-0.05, 0) is 18.6 Å². The van der Waals surface area contributed by atoms with E-state index in [1.165, 1.54) is 0 Å². The number of nitrogens with zero attached hydrogens (tertiary/aromatic N) is 2. The Morgan fingerprint density at radius 1 is 1.59 bits per heavy atom. The Morgan fingerprint density at radius 3 is 3.35 bits per heavy atom. The molecule has 2 aliphatic heterocycles. The van der Waals surface area contributed by atoms with E-state index in [2.05, 4.69) is 21.3 Å². The zero-order chi connectivity index (χ0) is 11.8. The van der Waals surface area contributed by atoms with Crippen LogP contribution < -0.4 is 10.2 Å². The Bertz CT molecular complexity index is 461. The number of nitrogens with one attached hydrogen (secondary N) is 1. The summed E-state index contributed by atoms with van der Waals surface area (Å²) in [6.45, 7) is 4.14. The quantitative estimate of drug-likeness (QED) is 0.724. The number of ether oxygens (including phenoxy) is 1. The summed E-state index contributed by atoms with van der Waals surface area (Å²) in [5.74, 6) is 0.686. The molecule has 17 heavy (non-hydrogen) atoms. The Morgan fingerprint density at radius 2 is 2.47 bits per heavy atom. The van der Waals surface area contributed by atoms with Crippen LogP contribution in [0.5, 0.6) is 0 Å². The molecule has 0 unspecified atom stereocenters. The number of rotatable bonds is 0. The van der Waals surface area contributed by atoms with Crippen molar-refractivity contribution in [3.63, 3.8) is 0 Å². The molecule has 1 aromatic rings. The Hall–Kier alpha value is -1.62. The highest BCUT2D eigenvalue weighted by Gasteiger charge is 2.31. The third kappa shape index (κ3) is 1.86. The van der Waals surface area contributed by atoms with Gasteiger partial charge < -0.3 is 15.0 Å². The Kier molecular flexibility index (Phi) is 2.48. The highest BCUT2D eigenvalue weighted by Crippen LogP contribution is 2.31. The third-order valence-corrected chi connectivity index (χ3v) is 3.22. The summed E-state index contributed by atoms with van der Waals surface area (Å²) < 4.78 is 5.45. The summed E-state index contributed by atoms with van der Waals surface area (Å²) in [6, 6.07) is 2.21. The number of amides is 1. The van der Waals surface area contributed by atoms with E-state index in [9.17, 15) is 4.79 Å². The van der Waals surface area contributed by atoms with Gasteiger partial charge in [0.25, 0.3) is 0 Å². The number of hydrogen-bond acceptors (Lipinski definition) is 4. The number of fused-ring (bicyclic) bond motifs is 3. The first-order chi connectivity index (χ1) is 8.24. The summed E-state index contributed by atoms with van der Waals surface area (Å²) in [4.78, 5) is 18.3. The second-order valence-corrected chi connectivity index (χ2v) is 4.55. The highest BCUT2D eigenvalue weighted by molar-refractivity contribution is 5.95. The smallest absolute Gasteiger partial charge is 0.227 e. The largest absolute Gasteiger partial charge is 0.377 e. The molecule has 0 aromatic carbocycles. The first kappa shape index (κ1) is 10.5. The molecule has 3 heterocycles. The molecule has 90 valence electrons. The van der Waals surface area contributed by atoms with Crippen LogP contribution in [0.15, 0.2) is 12.3 Å². The molecule has 1 fully saturated rings. The normalized spacial score (nSPS) is 23.5. The summed E-state index contributed by atoms with van der Waals surface area (Å²) in [7, 11) is 0. The first-order valence-corrected chi connectivity index (χ1v) is 5.85. The molecule has 5 nitrogen and oxygen atoms in total. The van der Waals surface area contributed by atoms with Gasteiger partial charge in [0.15, 0.2) is 5.82 Å². The molecule has 1 N–H and O–H groups in total. The molecular weight excluding hydrogens is 218 g/mol. The molecule has 0 bridgehead atoms. The number of aryl methyl sites for hydroxylation is 1. The van der Waals surface area contributed by atoms with Gasteiger partial charge in [-0.2, -0.15) is 0 Å². The van der Waals surface area contributed by atoms with E-state index in [4.69, 9.17) is 4.74 Å². The van der Waals surface area contributed by atoms with Crippen molar-refractivity contribution in [2.75, 3.05) is 30.0 Å². The molecular formula is C12H15N3O2. The lowest BCUT2D eigenvalue weighted by Gasteiger charge is -2.35. The van der Waals surface area contributed by atoms with E-state index < -0.39 is 0 Å². The molecule has 0 spiro atoms. The number of aromatic nitrogens is 1. The van der Waals surface area contributed by atoms with E-state index in [0.717, 1.165) is 17.8 Å². The number of carbonyl (C=O) groups excluding carboxylic acids is 1. The van der Waals surface area contributed by atoms with Gasteiger partial charge in [-0.1, -0.05) is 0 Å². The molecule has 0 aliphatic carbocycles. The van der Waals surface area contributed by atoms with E-state index in [-0.39, 0.29) is 11.9 Å². The minimum absolute atomic E-state index is 0.0144. The second-order valence-electron chi connectivity index (χ2n) is 4.55. The topological polar surface area (TPSA) is 54.5 Å². The number of anilines is 2. The lowest BCUT2D eigenvalue weighted by molar-refractivity contribution is -0.116. The third-order valence-electron chi connectivity index (χ3n) is 3.22. The lowest BCUT2D eigenvalue weighted by atomic mass is 10.1. The fourth-order valence-electron chi connectivity index (χ4n) is 2.41. The van der Waals surface area contributed by atoms with Crippen molar-refractivity contribution in [2.45, 2.75) is 19.4 Å². The SMILES string of the molecule is Cc1cnc2c(c1)N1CCOC[C@H]1CC(=O)N2. The molecule has 1 amide bonds. The van der Waals surface area contributed by atoms with E-state index in [1.807, 2.05) is 6.92 Å². The van der Waals surface area contributed by atoms with Crippen LogP contribution in [0.3, 0.4) is 0 Å². The van der Waals surface area contributed by atoms with Crippen LogP contribution in [0.4, 0.5) is 11.5 Å².